The van der Waals surface area contributed by atoms with Crippen LogP contribution in [0.1, 0.15) is 10.5 Å². The molecule has 0 saturated carbocycles. The summed E-state index contributed by atoms with van der Waals surface area (Å²) in [6, 6.07) is 7.01. The number of aliphatic carboxylic acids is 1. The molecular weight excluding hydrogens is 262 g/mol. The normalized spacial score (nSPS) is 12.1. The smallest absolute Gasteiger partial charge is 0.328 e. The van der Waals surface area contributed by atoms with Gasteiger partial charge in [-0.05, 0) is 12.1 Å². The fourth-order valence-corrected chi connectivity index (χ4v) is 1.74. The van der Waals surface area contributed by atoms with Crippen LogP contribution in [0.25, 0.3) is 10.9 Å². The number of nitrogen functional groups attached to an aromatic ring is 1. The molecule has 0 unspecified atom stereocenters. The van der Waals surface area contributed by atoms with Crippen LogP contribution in [0.15, 0.2) is 30.3 Å². The fourth-order valence-electron chi connectivity index (χ4n) is 1.74. The largest absolute Gasteiger partial charge is 0.480 e. The second-order valence-electron chi connectivity index (χ2n) is 4.16. The number of amides is 1. The molecule has 1 amide bonds. The summed E-state index contributed by atoms with van der Waals surface area (Å²) >= 11 is 0. The Labute approximate surface area is 114 Å². The lowest BCUT2D eigenvalue weighted by Crippen LogP contribution is -2.43. The molecule has 7 nitrogen and oxygen atoms in total. The standard InChI is InChI=1S/C13H13N3O4/c14-8-5-10(12(18)16-11(6-17)13(19)20)15-9-4-2-1-3-7(8)9/h1-5,11,17H,6H2,(H2,14,15)(H,16,18)(H,19,20)/t11-/m0/s1. The molecular formula is C13H13N3O4. The highest BCUT2D eigenvalue weighted by Gasteiger charge is 2.20. The van der Waals surface area contributed by atoms with Gasteiger partial charge in [-0.15, -0.1) is 0 Å². The number of hydrogen-bond donors (Lipinski definition) is 4. The molecule has 2 rings (SSSR count). The molecule has 0 bridgehead atoms. The maximum absolute atomic E-state index is 11.9. The molecule has 0 radical (unpaired) electrons. The zero-order valence-corrected chi connectivity index (χ0v) is 10.4. The minimum absolute atomic E-state index is 0.000833. The Hall–Kier alpha value is -2.67. The Bertz CT molecular complexity index is 672. The summed E-state index contributed by atoms with van der Waals surface area (Å²) in [7, 11) is 0. The van der Waals surface area contributed by atoms with Gasteiger partial charge in [0.15, 0.2) is 6.04 Å². The highest BCUT2D eigenvalue weighted by molar-refractivity contribution is 6.00. The van der Waals surface area contributed by atoms with E-state index in [0.717, 1.165) is 0 Å². The Morgan fingerprint density at radius 1 is 1.35 bits per heavy atom. The topological polar surface area (TPSA) is 126 Å². The number of rotatable bonds is 4. The first-order valence-corrected chi connectivity index (χ1v) is 5.82. The van der Waals surface area contributed by atoms with E-state index < -0.39 is 24.5 Å². The Morgan fingerprint density at radius 2 is 2.05 bits per heavy atom. The summed E-state index contributed by atoms with van der Waals surface area (Å²) in [6.45, 7) is -0.704. The van der Waals surface area contributed by atoms with Crippen molar-refractivity contribution in [2.24, 2.45) is 0 Å². The summed E-state index contributed by atoms with van der Waals surface area (Å²) in [4.78, 5) is 26.8. The molecule has 7 heteroatoms. The van der Waals surface area contributed by atoms with Gasteiger partial charge < -0.3 is 21.3 Å². The third kappa shape index (κ3) is 2.67. The summed E-state index contributed by atoms with van der Waals surface area (Å²) in [5, 5.41) is 20.5. The van der Waals surface area contributed by atoms with Crippen molar-refractivity contribution in [1.82, 2.24) is 10.3 Å². The molecule has 1 aromatic carbocycles. The molecule has 0 fully saturated rings. The second-order valence-corrected chi connectivity index (χ2v) is 4.16. The van der Waals surface area contributed by atoms with E-state index in [1.165, 1.54) is 6.07 Å². The van der Waals surface area contributed by atoms with Gasteiger partial charge in [0.2, 0.25) is 0 Å². The molecule has 0 aliphatic heterocycles. The van der Waals surface area contributed by atoms with E-state index in [1.807, 2.05) is 0 Å². The number of para-hydroxylation sites is 1. The number of aliphatic hydroxyl groups excluding tert-OH is 1. The third-order valence-electron chi connectivity index (χ3n) is 2.77. The number of pyridine rings is 1. The lowest BCUT2D eigenvalue weighted by molar-refractivity contribution is -0.140. The molecule has 2 aromatic rings. The van der Waals surface area contributed by atoms with Crippen LogP contribution >= 0.6 is 0 Å². The Morgan fingerprint density at radius 3 is 2.70 bits per heavy atom. The number of aromatic nitrogens is 1. The monoisotopic (exact) mass is 275 g/mol. The molecule has 1 atom stereocenters. The highest BCUT2D eigenvalue weighted by Crippen LogP contribution is 2.19. The number of fused-ring (bicyclic) bond motifs is 1. The molecule has 0 spiro atoms. The van der Waals surface area contributed by atoms with Gasteiger partial charge in [-0.1, -0.05) is 18.2 Å². The van der Waals surface area contributed by atoms with Crippen LogP contribution in [0.5, 0.6) is 0 Å². The van der Waals surface area contributed by atoms with E-state index in [0.29, 0.717) is 16.6 Å². The van der Waals surface area contributed by atoms with Crippen LogP contribution < -0.4 is 11.1 Å². The van der Waals surface area contributed by atoms with E-state index in [-0.39, 0.29) is 5.69 Å². The average Bonchev–Trinajstić information content (AvgIpc) is 2.44. The molecule has 0 saturated heterocycles. The number of carbonyl (C=O) groups is 2. The van der Waals surface area contributed by atoms with Gasteiger partial charge in [-0.3, -0.25) is 4.79 Å². The van der Waals surface area contributed by atoms with Crippen molar-refractivity contribution in [3.63, 3.8) is 0 Å². The van der Waals surface area contributed by atoms with E-state index >= 15 is 0 Å². The predicted molar refractivity (Wildman–Crippen MR) is 72.1 cm³/mol. The van der Waals surface area contributed by atoms with Crippen molar-refractivity contribution in [1.29, 1.82) is 0 Å². The van der Waals surface area contributed by atoms with Crippen LogP contribution in [0.2, 0.25) is 0 Å². The molecule has 5 N–H and O–H groups in total. The van der Waals surface area contributed by atoms with Crippen molar-refractivity contribution >= 4 is 28.5 Å². The van der Waals surface area contributed by atoms with E-state index in [1.54, 1.807) is 24.3 Å². The van der Waals surface area contributed by atoms with Crippen LogP contribution in [-0.4, -0.2) is 39.7 Å². The molecule has 1 aromatic heterocycles. The number of nitrogens with two attached hydrogens (primary N) is 1. The first kappa shape index (κ1) is 13.8. The van der Waals surface area contributed by atoms with Gasteiger partial charge in [0.25, 0.3) is 5.91 Å². The van der Waals surface area contributed by atoms with E-state index in [2.05, 4.69) is 10.3 Å². The number of anilines is 1. The van der Waals surface area contributed by atoms with E-state index in [9.17, 15) is 9.59 Å². The number of nitrogens with zero attached hydrogens (tertiary/aromatic N) is 1. The highest BCUT2D eigenvalue weighted by atomic mass is 16.4. The summed E-state index contributed by atoms with van der Waals surface area (Å²) in [6.07, 6.45) is 0. The zero-order chi connectivity index (χ0) is 14.7. The van der Waals surface area contributed by atoms with Crippen molar-refractivity contribution in [2.45, 2.75) is 6.04 Å². The minimum atomic E-state index is -1.38. The fraction of sp³-hybridized carbons (Fsp3) is 0.154. The zero-order valence-electron chi connectivity index (χ0n) is 10.4. The predicted octanol–water partition coefficient (Wildman–Crippen LogP) is -0.00770. The van der Waals surface area contributed by atoms with Crippen molar-refractivity contribution in [3.8, 4) is 0 Å². The number of carboxylic acids is 1. The van der Waals surface area contributed by atoms with Crippen LogP contribution in [0.3, 0.4) is 0 Å². The number of carbonyl (C=O) groups excluding carboxylic acids is 1. The van der Waals surface area contributed by atoms with Gasteiger partial charge in [0.05, 0.1) is 12.1 Å². The van der Waals surface area contributed by atoms with Gasteiger partial charge in [0, 0.05) is 11.1 Å². The molecule has 20 heavy (non-hydrogen) atoms. The summed E-state index contributed by atoms with van der Waals surface area (Å²) in [5.74, 6) is -2.03. The van der Waals surface area contributed by atoms with Gasteiger partial charge >= 0.3 is 5.97 Å². The van der Waals surface area contributed by atoms with Gasteiger partial charge in [-0.25, -0.2) is 9.78 Å². The number of benzene rings is 1. The maximum atomic E-state index is 11.9. The third-order valence-corrected chi connectivity index (χ3v) is 2.77. The lowest BCUT2D eigenvalue weighted by Gasteiger charge is -2.12. The van der Waals surface area contributed by atoms with Crippen molar-refractivity contribution in [2.75, 3.05) is 12.3 Å². The quantitative estimate of drug-likeness (QED) is 0.622. The van der Waals surface area contributed by atoms with Crippen LogP contribution in [0, 0.1) is 0 Å². The average molecular weight is 275 g/mol. The number of aliphatic hydroxyl groups is 1. The molecule has 0 aliphatic carbocycles. The van der Waals surface area contributed by atoms with Crippen LogP contribution in [0.4, 0.5) is 5.69 Å². The molecule has 104 valence electrons. The lowest BCUT2D eigenvalue weighted by atomic mass is 10.1. The molecule has 1 heterocycles. The first-order valence-electron chi connectivity index (χ1n) is 5.82. The van der Waals surface area contributed by atoms with Crippen molar-refractivity contribution < 1.29 is 19.8 Å². The van der Waals surface area contributed by atoms with Crippen LogP contribution in [-0.2, 0) is 4.79 Å². The minimum Gasteiger partial charge on any atom is -0.480 e. The summed E-state index contributed by atoms with van der Waals surface area (Å²) < 4.78 is 0. The number of carboxylic acid groups (broad SMARTS) is 1. The summed E-state index contributed by atoms with van der Waals surface area (Å²) in [5.41, 5.74) is 6.74. The second kappa shape index (κ2) is 5.54. The SMILES string of the molecule is Nc1cc(C(=O)N[C@@H](CO)C(=O)O)nc2ccccc12. The number of nitrogens with one attached hydrogen (secondary N) is 1. The van der Waals surface area contributed by atoms with E-state index in [4.69, 9.17) is 15.9 Å². The van der Waals surface area contributed by atoms with Crippen molar-refractivity contribution in [3.05, 3.63) is 36.0 Å². The first-order chi connectivity index (χ1) is 9.52. The van der Waals surface area contributed by atoms with Gasteiger partial charge in [-0.2, -0.15) is 0 Å². The Kier molecular flexibility index (Phi) is 3.81. The number of hydrogen-bond acceptors (Lipinski definition) is 5. The maximum Gasteiger partial charge on any atom is 0.328 e. The molecule has 0 aliphatic rings. The Balaban J connectivity index is 2.33. The van der Waals surface area contributed by atoms with Gasteiger partial charge in [0.1, 0.15) is 5.69 Å².